The van der Waals surface area contributed by atoms with E-state index < -0.39 is 12.6 Å². The molecule has 2 aromatic rings. The van der Waals surface area contributed by atoms with Gasteiger partial charge in [-0.2, -0.15) is 13.2 Å². The van der Waals surface area contributed by atoms with Crippen molar-refractivity contribution in [1.82, 2.24) is 0 Å². The summed E-state index contributed by atoms with van der Waals surface area (Å²) < 4.78 is 35.9. The molecular weight excluding hydrogens is 261 g/mol. The number of hydrogen-bond donors (Lipinski definition) is 0. The normalized spacial score (nSPS) is 12.3. The van der Waals surface area contributed by atoms with E-state index in [1.807, 2.05) is 18.2 Å². The number of rotatable bonds is 5. The Morgan fingerprint density at radius 1 is 0.900 bits per heavy atom. The highest BCUT2D eigenvalue weighted by molar-refractivity contribution is 5.85. The molecule has 20 heavy (non-hydrogen) atoms. The monoisotopic (exact) mass is 278 g/mol. The standard InChI is InChI=1S/C17H17F3/c18-17(19,20)13-6-2-1-3-8-14-10-7-11-15-9-4-5-12-16(14)15/h2,4-7,9-12H,1,3,8,13H2/b6-2+. The number of allylic oxidation sites excluding steroid dienone is 2. The minimum absolute atomic E-state index is 0.680. The van der Waals surface area contributed by atoms with Crippen LogP contribution in [0.3, 0.4) is 0 Å². The number of fused-ring (bicyclic) bond motifs is 1. The molecule has 0 radical (unpaired) electrons. The number of benzene rings is 2. The number of halogens is 3. The highest BCUT2D eigenvalue weighted by Crippen LogP contribution is 2.21. The summed E-state index contributed by atoms with van der Waals surface area (Å²) in [5, 5.41) is 2.44. The second kappa shape index (κ2) is 6.60. The molecular formula is C17H17F3. The highest BCUT2D eigenvalue weighted by Gasteiger charge is 2.24. The van der Waals surface area contributed by atoms with E-state index in [1.165, 1.54) is 22.4 Å². The zero-order chi connectivity index (χ0) is 14.4. The van der Waals surface area contributed by atoms with Crippen LogP contribution in [0.15, 0.2) is 54.6 Å². The maximum Gasteiger partial charge on any atom is 0.392 e. The molecule has 0 N–H and O–H groups in total. The third-order valence-corrected chi connectivity index (χ3v) is 3.21. The third-order valence-electron chi connectivity index (χ3n) is 3.21. The molecule has 106 valence electrons. The van der Waals surface area contributed by atoms with E-state index in [1.54, 1.807) is 6.08 Å². The summed E-state index contributed by atoms with van der Waals surface area (Å²) in [5.41, 5.74) is 1.26. The van der Waals surface area contributed by atoms with Gasteiger partial charge in [-0.05, 0) is 35.6 Å². The molecule has 0 heterocycles. The van der Waals surface area contributed by atoms with E-state index in [9.17, 15) is 13.2 Å². The molecule has 0 unspecified atom stereocenters. The maximum absolute atomic E-state index is 12.0. The van der Waals surface area contributed by atoms with Crippen LogP contribution in [0.4, 0.5) is 13.2 Å². The van der Waals surface area contributed by atoms with Crippen molar-refractivity contribution < 1.29 is 13.2 Å². The fourth-order valence-corrected chi connectivity index (χ4v) is 2.26. The molecule has 0 nitrogen and oxygen atoms in total. The first kappa shape index (κ1) is 14.6. The Morgan fingerprint density at radius 2 is 1.65 bits per heavy atom. The predicted octanol–water partition coefficient (Wildman–Crippen LogP) is 5.67. The SMILES string of the molecule is FC(F)(F)C/C=C/CCCc1cccc2ccccc12. The Morgan fingerprint density at radius 3 is 2.45 bits per heavy atom. The number of hydrogen-bond acceptors (Lipinski definition) is 0. The molecule has 0 atom stereocenters. The Labute approximate surface area is 116 Å². The summed E-state index contributed by atoms with van der Waals surface area (Å²) in [5.74, 6) is 0. The molecule has 0 fully saturated rings. The molecule has 0 aliphatic carbocycles. The van der Waals surface area contributed by atoms with Crippen LogP contribution in [-0.4, -0.2) is 6.18 Å². The molecule has 0 aliphatic rings. The lowest BCUT2D eigenvalue weighted by Gasteiger charge is -2.05. The Kier molecular flexibility index (Phi) is 4.83. The Hall–Kier alpha value is -1.77. The smallest absolute Gasteiger partial charge is 0.171 e. The first-order valence-corrected chi connectivity index (χ1v) is 6.75. The lowest BCUT2D eigenvalue weighted by atomic mass is 10.0. The van der Waals surface area contributed by atoms with Gasteiger partial charge in [-0.3, -0.25) is 0 Å². The molecule has 0 saturated heterocycles. The van der Waals surface area contributed by atoms with Crippen LogP contribution in [-0.2, 0) is 6.42 Å². The molecule has 0 amide bonds. The van der Waals surface area contributed by atoms with Crippen molar-refractivity contribution in [2.24, 2.45) is 0 Å². The predicted molar refractivity (Wildman–Crippen MR) is 76.7 cm³/mol. The first-order chi connectivity index (χ1) is 9.56. The lowest BCUT2D eigenvalue weighted by Crippen LogP contribution is -2.03. The highest BCUT2D eigenvalue weighted by atomic mass is 19.4. The molecule has 0 aliphatic heterocycles. The van der Waals surface area contributed by atoms with Crippen LogP contribution in [0, 0.1) is 0 Å². The van der Waals surface area contributed by atoms with Crippen LogP contribution < -0.4 is 0 Å². The van der Waals surface area contributed by atoms with Gasteiger partial charge in [0.15, 0.2) is 0 Å². The molecule has 0 bridgehead atoms. The van der Waals surface area contributed by atoms with Crippen LogP contribution >= 0.6 is 0 Å². The maximum atomic E-state index is 12.0. The third kappa shape index (κ3) is 4.41. The zero-order valence-corrected chi connectivity index (χ0v) is 11.2. The van der Waals surface area contributed by atoms with E-state index in [0.29, 0.717) is 6.42 Å². The molecule has 0 saturated carbocycles. The van der Waals surface area contributed by atoms with Crippen LogP contribution in [0.2, 0.25) is 0 Å². The van der Waals surface area contributed by atoms with Gasteiger partial charge in [0.2, 0.25) is 0 Å². The minimum Gasteiger partial charge on any atom is -0.171 e. The van der Waals surface area contributed by atoms with Crippen LogP contribution in [0.25, 0.3) is 10.8 Å². The topological polar surface area (TPSA) is 0 Å². The average Bonchev–Trinajstić information content (AvgIpc) is 2.41. The van der Waals surface area contributed by atoms with Gasteiger partial charge in [0.25, 0.3) is 0 Å². The summed E-state index contributed by atoms with van der Waals surface area (Å²) >= 11 is 0. The van der Waals surface area contributed by atoms with Gasteiger partial charge < -0.3 is 0 Å². The quantitative estimate of drug-likeness (QED) is 0.488. The van der Waals surface area contributed by atoms with Crippen molar-refractivity contribution in [2.75, 3.05) is 0 Å². The summed E-state index contributed by atoms with van der Waals surface area (Å²) in [6.45, 7) is 0. The molecule has 3 heteroatoms. The summed E-state index contributed by atoms with van der Waals surface area (Å²) in [6, 6.07) is 14.4. The van der Waals surface area contributed by atoms with Gasteiger partial charge in [0, 0.05) is 0 Å². The number of unbranched alkanes of at least 4 members (excludes halogenated alkanes) is 1. The summed E-state index contributed by atoms with van der Waals surface area (Å²) in [6.07, 6.45) is 0.342. The van der Waals surface area contributed by atoms with Crippen molar-refractivity contribution in [3.63, 3.8) is 0 Å². The number of alkyl halides is 3. The molecule has 0 spiro atoms. The number of aryl methyl sites for hydroxylation is 1. The second-order valence-electron chi connectivity index (χ2n) is 4.82. The van der Waals surface area contributed by atoms with E-state index in [-0.39, 0.29) is 0 Å². The summed E-state index contributed by atoms with van der Waals surface area (Å²) in [4.78, 5) is 0. The van der Waals surface area contributed by atoms with Crippen LogP contribution in [0.5, 0.6) is 0 Å². The van der Waals surface area contributed by atoms with Crippen molar-refractivity contribution in [3.05, 3.63) is 60.2 Å². The van der Waals surface area contributed by atoms with E-state index >= 15 is 0 Å². The van der Waals surface area contributed by atoms with Crippen molar-refractivity contribution in [1.29, 1.82) is 0 Å². The fraction of sp³-hybridized carbons (Fsp3) is 0.294. The van der Waals surface area contributed by atoms with Crippen molar-refractivity contribution >= 4 is 10.8 Å². The largest absolute Gasteiger partial charge is 0.392 e. The average molecular weight is 278 g/mol. The van der Waals surface area contributed by atoms with E-state index in [0.717, 1.165) is 12.8 Å². The first-order valence-electron chi connectivity index (χ1n) is 6.75. The fourth-order valence-electron chi connectivity index (χ4n) is 2.26. The van der Waals surface area contributed by atoms with E-state index in [4.69, 9.17) is 0 Å². The van der Waals surface area contributed by atoms with Crippen LogP contribution in [0.1, 0.15) is 24.8 Å². The van der Waals surface area contributed by atoms with Gasteiger partial charge in [-0.1, -0.05) is 54.6 Å². The van der Waals surface area contributed by atoms with Gasteiger partial charge in [-0.15, -0.1) is 0 Å². The van der Waals surface area contributed by atoms with Crippen molar-refractivity contribution in [3.8, 4) is 0 Å². The van der Waals surface area contributed by atoms with Gasteiger partial charge >= 0.3 is 6.18 Å². The van der Waals surface area contributed by atoms with Crippen molar-refractivity contribution in [2.45, 2.75) is 31.9 Å². The van der Waals surface area contributed by atoms with Gasteiger partial charge in [0.05, 0.1) is 6.42 Å². The van der Waals surface area contributed by atoms with Gasteiger partial charge in [-0.25, -0.2) is 0 Å². The van der Waals surface area contributed by atoms with Gasteiger partial charge in [0.1, 0.15) is 0 Å². The summed E-state index contributed by atoms with van der Waals surface area (Å²) in [7, 11) is 0. The minimum atomic E-state index is -4.09. The molecule has 2 rings (SSSR count). The lowest BCUT2D eigenvalue weighted by molar-refractivity contribution is -0.125. The Balaban J connectivity index is 1.87. The zero-order valence-electron chi connectivity index (χ0n) is 11.2. The Bertz CT molecular complexity index is 577. The molecule has 2 aromatic carbocycles. The molecule has 0 aromatic heterocycles. The second-order valence-corrected chi connectivity index (χ2v) is 4.82. The van der Waals surface area contributed by atoms with E-state index in [2.05, 4.69) is 24.3 Å².